The smallest absolute Gasteiger partial charge is 0.143 e. The van der Waals surface area contributed by atoms with Gasteiger partial charge in [0.15, 0.2) is 0 Å². The molecular weight excluding hydrogens is 303 g/mol. The number of rotatable bonds is 5. The minimum Gasteiger partial charge on any atom is -0.370 e. The number of hydrogen-bond acceptors (Lipinski definition) is 4. The van der Waals surface area contributed by atoms with Gasteiger partial charge in [-0.15, -0.1) is 0 Å². The first-order valence-electron chi connectivity index (χ1n) is 8.18. The van der Waals surface area contributed by atoms with E-state index in [9.17, 15) is 9.65 Å². The van der Waals surface area contributed by atoms with E-state index in [1.807, 2.05) is 24.4 Å². The topological polar surface area (TPSA) is 43.2 Å². The van der Waals surface area contributed by atoms with Gasteiger partial charge in [0.05, 0.1) is 5.69 Å². The minimum atomic E-state index is -0.438. The summed E-state index contributed by atoms with van der Waals surface area (Å²) in [7, 11) is 2.11. The molecule has 24 heavy (non-hydrogen) atoms. The Morgan fingerprint density at radius 1 is 1.38 bits per heavy atom. The third-order valence-electron chi connectivity index (χ3n) is 4.48. The Balaban J connectivity index is 1.60. The summed E-state index contributed by atoms with van der Waals surface area (Å²) < 4.78 is 13.8. The molecule has 0 spiro atoms. The van der Waals surface area contributed by atoms with Crippen molar-refractivity contribution < 1.29 is 4.39 Å². The second-order valence-corrected chi connectivity index (χ2v) is 6.40. The van der Waals surface area contributed by atoms with E-state index < -0.39 is 5.82 Å². The number of halogens is 1. The van der Waals surface area contributed by atoms with Crippen LogP contribution in [0.4, 0.5) is 10.1 Å². The first kappa shape index (κ1) is 16.4. The van der Waals surface area contributed by atoms with Gasteiger partial charge in [-0.1, -0.05) is 12.1 Å². The molecule has 124 valence electrons. The zero-order valence-electron chi connectivity index (χ0n) is 13.8. The van der Waals surface area contributed by atoms with Crippen LogP contribution in [-0.2, 0) is 6.54 Å². The molecule has 1 saturated heterocycles. The van der Waals surface area contributed by atoms with Crippen LogP contribution in [0, 0.1) is 23.1 Å². The highest BCUT2D eigenvalue weighted by molar-refractivity contribution is 5.60. The molecule has 2 heterocycles. The maximum atomic E-state index is 13.8. The SMILES string of the molecule is CN(Cc1cccnc1)C[C@@H]1CCN(c2cccc(F)c2C#N)C1. The van der Waals surface area contributed by atoms with Crippen LogP contribution in [0.3, 0.4) is 0 Å². The summed E-state index contributed by atoms with van der Waals surface area (Å²) in [5.74, 6) is 0.0774. The van der Waals surface area contributed by atoms with Crippen LogP contribution in [0.2, 0.25) is 0 Å². The zero-order chi connectivity index (χ0) is 16.9. The van der Waals surface area contributed by atoms with Crippen molar-refractivity contribution in [2.45, 2.75) is 13.0 Å². The summed E-state index contributed by atoms with van der Waals surface area (Å²) in [4.78, 5) is 8.57. The molecule has 1 aromatic heterocycles. The first-order chi connectivity index (χ1) is 11.7. The maximum absolute atomic E-state index is 13.8. The van der Waals surface area contributed by atoms with Gasteiger partial charge < -0.3 is 9.80 Å². The van der Waals surface area contributed by atoms with Crippen molar-refractivity contribution in [2.24, 2.45) is 5.92 Å². The quantitative estimate of drug-likeness (QED) is 0.848. The molecule has 0 bridgehead atoms. The predicted octanol–water partition coefficient (Wildman–Crippen LogP) is 3.05. The predicted molar refractivity (Wildman–Crippen MR) is 92.0 cm³/mol. The number of pyridine rings is 1. The van der Waals surface area contributed by atoms with Gasteiger partial charge in [-0.2, -0.15) is 5.26 Å². The van der Waals surface area contributed by atoms with Crippen molar-refractivity contribution in [3.8, 4) is 6.07 Å². The Morgan fingerprint density at radius 3 is 3.00 bits per heavy atom. The highest BCUT2D eigenvalue weighted by Gasteiger charge is 2.26. The minimum absolute atomic E-state index is 0.155. The van der Waals surface area contributed by atoms with Crippen LogP contribution in [0.5, 0.6) is 0 Å². The zero-order valence-corrected chi connectivity index (χ0v) is 13.8. The normalized spacial score (nSPS) is 17.2. The molecule has 3 rings (SSSR count). The highest BCUT2D eigenvalue weighted by Crippen LogP contribution is 2.28. The van der Waals surface area contributed by atoms with E-state index in [0.717, 1.165) is 38.3 Å². The molecule has 0 saturated carbocycles. The van der Waals surface area contributed by atoms with Gasteiger partial charge in [0.1, 0.15) is 17.4 Å². The van der Waals surface area contributed by atoms with E-state index in [2.05, 4.69) is 27.9 Å². The largest absolute Gasteiger partial charge is 0.370 e. The molecule has 5 heteroatoms. The molecule has 1 fully saturated rings. The lowest BCUT2D eigenvalue weighted by molar-refractivity contribution is 0.279. The Hall–Kier alpha value is -2.45. The van der Waals surface area contributed by atoms with Crippen LogP contribution in [0.25, 0.3) is 0 Å². The van der Waals surface area contributed by atoms with Gasteiger partial charge in [-0.25, -0.2) is 4.39 Å². The summed E-state index contributed by atoms with van der Waals surface area (Å²) in [6, 6.07) is 10.9. The molecule has 0 radical (unpaired) electrons. The summed E-state index contributed by atoms with van der Waals surface area (Å²) in [5, 5.41) is 9.20. The van der Waals surface area contributed by atoms with E-state index in [0.29, 0.717) is 5.92 Å². The van der Waals surface area contributed by atoms with Gasteiger partial charge >= 0.3 is 0 Å². The number of hydrogen-bond donors (Lipinski definition) is 0. The lowest BCUT2D eigenvalue weighted by Gasteiger charge is -2.23. The molecule has 2 aromatic rings. The first-order valence-corrected chi connectivity index (χ1v) is 8.18. The molecule has 4 nitrogen and oxygen atoms in total. The monoisotopic (exact) mass is 324 g/mol. The number of anilines is 1. The van der Waals surface area contributed by atoms with Gasteiger partial charge in [-0.3, -0.25) is 4.98 Å². The molecule has 0 N–H and O–H groups in total. The summed E-state index contributed by atoms with van der Waals surface area (Å²) in [6.45, 7) is 3.56. The maximum Gasteiger partial charge on any atom is 0.143 e. The molecule has 0 amide bonds. The van der Waals surface area contributed by atoms with Crippen LogP contribution < -0.4 is 4.90 Å². The average molecular weight is 324 g/mol. The Labute approximate surface area is 142 Å². The van der Waals surface area contributed by atoms with E-state index in [1.165, 1.54) is 11.6 Å². The number of benzene rings is 1. The standard InChI is InChI=1S/C19H21FN4/c1-23(12-15-4-3-8-22-11-15)13-16-7-9-24(14-16)19-6-2-5-18(20)17(19)10-21/h2-6,8,11,16H,7,9,12-14H2,1H3/t16-/m0/s1. The third kappa shape index (κ3) is 3.72. The molecule has 0 unspecified atom stereocenters. The third-order valence-corrected chi connectivity index (χ3v) is 4.48. The summed E-state index contributed by atoms with van der Waals surface area (Å²) in [5.41, 5.74) is 2.07. The molecule has 1 aliphatic rings. The lowest BCUT2D eigenvalue weighted by atomic mass is 10.1. The number of aromatic nitrogens is 1. The molecule has 1 aromatic carbocycles. The van der Waals surface area contributed by atoms with Crippen molar-refractivity contribution >= 4 is 5.69 Å². The number of nitrogens with zero attached hydrogens (tertiary/aromatic N) is 4. The van der Waals surface area contributed by atoms with Crippen molar-refractivity contribution in [3.05, 3.63) is 59.7 Å². The second kappa shape index (κ2) is 7.41. The van der Waals surface area contributed by atoms with Gasteiger partial charge in [0.2, 0.25) is 0 Å². The Kier molecular flexibility index (Phi) is 5.07. The van der Waals surface area contributed by atoms with Crippen LogP contribution >= 0.6 is 0 Å². The lowest BCUT2D eigenvalue weighted by Crippen LogP contribution is -2.28. The number of nitriles is 1. The Bertz CT molecular complexity index is 726. The van der Waals surface area contributed by atoms with E-state index in [1.54, 1.807) is 12.3 Å². The average Bonchev–Trinajstić information content (AvgIpc) is 3.03. The van der Waals surface area contributed by atoms with Crippen molar-refractivity contribution in [2.75, 3.05) is 31.6 Å². The molecule has 0 aliphatic carbocycles. The van der Waals surface area contributed by atoms with E-state index >= 15 is 0 Å². The van der Waals surface area contributed by atoms with Gasteiger partial charge in [-0.05, 0) is 43.1 Å². The van der Waals surface area contributed by atoms with Crippen LogP contribution in [0.1, 0.15) is 17.5 Å². The van der Waals surface area contributed by atoms with E-state index in [-0.39, 0.29) is 5.56 Å². The Morgan fingerprint density at radius 2 is 2.25 bits per heavy atom. The molecule has 1 aliphatic heterocycles. The molecule has 1 atom stereocenters. The van der Waals surface area contributed by atoms with Crippen LogP contribution in [-0.4, -0.2) is 36.6 Å². The summed E-state index contributed by atoms with van der Waals surface area (Å²) in [6.07, 6.45) is 4.73. The van der Waals surface area contributed by atoms with Gasteiger partial charge in [0, 0.05) is 38.6 Å². The van der Waals surface area contributed by atoms with E-state index in [4.69, 9.17) is 0 Å². The highest BCUT2D eigenvalue weighted by atomic mass is 19.1. The van der Waals surface area contributed by atoms with Crippen molar-refractivity contribution in [3.63, 3.8) is 0 Å². The van der Waals surface area contributed by atoms with Crippen LogP contribution in [0.15, 0.2) is 42.7 Å². The molecular formula is C19H21FN4. The summed E-state index contributed by atoms with van der Waals surface area (Å²) >= 11 is 0. The fourth-order valence-corrected chi connectivity index (χ4v) is 3.40. The van der Waals surface area contributed by atoms with Crippen molar-refractivity contribution in [1.29, 1.82) is 5.26 Å². The second-order valence-electron chi connectivity index (χ2n) is 6.40. The van der Waals surface area contributed by atoms with Gasteiger partial charge in [0.25, 0.3) is 0 Å². The fourth-order valence-electron chi connectivity index (χ4n) is 3.40. The fraction of sp³-hybridized carbons (Fsp3) is 0.368. The van der Waals surface area contributed by atoms with Crippen molar-refractivity contribution in [1.82, 2.24) is 9.88 Å².